The van der Waals surface area contributed by atoms with E-state index in [0.29, 0.717) is 17.4 Å². The van der Waals surface area contributed by atoms with Crippen molar-refractivity contribution in [2.24, 2.45) is 7.05 Å². The van der Waals surface area contributed by atoms with Crippen molar-refractivity contribution < 1.29 is 0 Å². The Kier molecular flexibility index (Phi) is 2.95. The van der Waals surface area contributed by atoms with Crippen LogP contribution in [0.4, 0.5) is 17.2 Å². The molecule has 3 N–H and O–H groups in total. The SMILES string of the molecule is CC(C)c1nn(C)cc1Nc1ncncc1N. The van der Waals surface area contributed by atoms with Crippen molar-refractivity contribution in [3.8, 4) is 0 Å². The molecule has 0 aromatic carbocycles. The third-order valence-electron chi connectivity index (χ3n) is 2.40. The van der Waals surface area contributed by atoms with Gasteiger partial charge in [-0.05, 0) is 5.92 Å². The van der Waals surface area contributed by atoms with Gasteiger partial charge in [0.25, 0.3) is 0 Å². The van der Waals surface area contributed by atoms with Crippen LogP contribution >= 0.6 is 0 Å². The molecule has 2 rings (SSSR count). The summed E-state index contributed by atoms with van der Waals surface area (Å²) in [7, 11) is 1.89. The normalized spacial score (nSPS) is 10.8. The number of nitrogens with one attached hydrogen (secondary N) is 1. The van der Waals surface area contributed by atoms with Crippen molar-refractivity contribution in [2.75, 3.05) is 11.1 Å². The fourth-order valence-electron chi connectivity index (χ4n) is 1.60. The summed E-state index contributed by atoms with van der Waals surface area (Å²) in [5, 5.41) is 7.59. The standard InChI is InChI=1S/C11H16N6/c1-7(2)10-9(5-17(3)16-10)15-11-8(12)4-13-6-14-11/h4-7H,12H2,1-3H3,(H,13,14,15). The average molecular weight is 232 g/mol. The Morgan fingerprint density at radius 2 is 2.18 bits per heavy atom. The molecule has 2 aromatic heterocycles. The van der Waals surface area contributed by atoms with Crippen molar-refractivity contribution >= 4 is 17.2 Å². The summed E-state index contributed by atoms with van der Waals surface area (Å²) < 4.78 is 1.77. The summed E-state index contributed by atoms with van der Waals surface area (Å²) in [5.41, 5.74) is 8.22. The molecule has 0 fully saturated rings. The van der Waals surface area contributed by atoms with E-state index in [4.69, 9.17) is 5.73 Å². The molecule has 17 heavy (non-hydrogen) atoms. The van der Waals surface area contributed by atoms with E-state index < -0.39 is 0 Å². The second kappa shape index (κ2) is 4.40. The van der Waals surface area contributed by atoms with Crippen molar-refractivity contribution in [2.45, 2.75) is 19.8 Å². The average Bonchev–Trinajstić information content (AvgIpc) is 2.63. The first kappa shape index (κ1) is 11.4. The molecule has 0 aliphatic heterocycles. The van der Waals surface area contributed by atoms with Crippen LogP contribution < -0.4 is 11.1 Å². The Hall–Kier alpha value is -2.11. The van der Waals surface area contributed by atoms with Crippen molar-refractivity contribution in [3.63, 3.8) is 0 Å². The molecule has 0 unspecified atom stereocenters. The third kappa shape index (κ3) is 2.35. The lowest BCUT2D eigenvalue weighted by Crippen LogP contribution is -2.01. The summed E-state index contributed by atoms with van der Waals surface area (Å²) in [6.07, 6.45) is 4.95. The Labute approximate surface area is 99.9 Å². The number of nitrogens with two attached hydrogens (primary N) is 1. The quantitative estimate of drug-likeness (QED) is 0.841. The van der Waals surface area contributed by atoms with Crippen molar-refractivity contribution in [3.05, 3.63) is 24.4 Å². The van der Waals surface area contributed by atoms with Crippen LogP contribution in [0.2, 0.25) is 0 Å². The largest absolute Gasteiger partial charge is 0.394 e. The molecule has 90 valence electrons. The second-order valence-electron chi connectivity index (χ2n) is 4.21. The summed E-state index contributed by atoms with van der Waals surface area (Å²) in [6, 6.07) is 0. The second-order valence-corrected chi connectivity index (χ2v) is 4.21. The van der Waals surface area contributed by atoms with E-state index in [1.54, 1.807) is 10.9 Å². The van der Waals surface area contributed by atoms with Gasteiger partial charge in [-0.2, -0.15) is 5.10 Å². The van der Waals surface area contributed by atoms with Crippen LogP contribution in [0.3, 0.4) is 0 Å². The Morgan fingerprint density at radius 1 is 1.41 bits per heavy atom. The number of hydrogen-bond donors (Lipinski definition) is 2. The van der Waals surface area contributed by atoms with Crippen LogP contribution in [0.1, 0.15) is 25.5 Å². The van der Waals surface area contributed by atoms with Gasteiger partial charge in [-0.1, -0.05) is 13.8 Å². The van der Waals surface area contributed by atoms with Crippen molar-refractivity contribution in [1.82, 2.24) is 19.7 Å². The minimum absolute atomic E-state index is 0.335. The highest BCUT2D eigenvalue weighted by atomic mass is 15.3. The molecule has 0 spiro atoms. The van der Waals surface area contributed by atoms with Gasteiger partial charge in [-0.25, -0.2) is 9.97 Å². The lowest BCUT2D eigenvalue weighted by atomic mass is 10.1. The maximum Gasteiger partial charge on any atom is 0.157 e. The summed E-state index contributed by atoms with van der Waals surface area (Å²) in [5.74, 6) is 0.941. The van der Waals surface area contributed by atoms with E-state index in [-0.39, 0.29) is 0 Å². The molecular formula is C11H16N6. The number of rotatable bonds is 3. The number of nitrogens with zero attached hydrogens (tertiary/aromatic N) is 4. The van der Waals surface area contributed by atoms with E-state index in [1.807, 2.05) is 13.2 Å². The van der Waals surface area contributed by atoms with Gasteiger partial charge in [-0.15, -0.1) is 0 Å². The number of aromatic nitrogens is 4. The predicted octanol–water partition coefficient (Wildman–Crippen LogP) is 1.66. The predicted molar refractivity (Wildman–Crippen MR) is 67.0 cm³/mol. The third-order valence-corrected chi connectivity index (χ3v) is 2.40. The maximum atomic E-state index is 5.79. The highest BCUT2D eigenvalue weighted by Gasteiger charge is 2.12. The maximum absolute atomic E-state index is 5.79. The molecule has 0 amide bonds. The van der Waals surface area contributed by atoms with Crippen LogP contribution in [0.5, 0.6) is 0 Å². The minimum Gasteiger partial charge on any atom is -0.394 e. The van der Waals surface area contributed by atoms with Crippen LogP contribution in [0.15, 0.2) is 18.7 Å². The van der Waals surface area contributed by atoms with Crippen LogP contribution in [-0.2, 0) is 7.05 Å². The van der Waals surface area contributed by atoms with E-state index >= 15 is 0 Å². The number of anilines is 3. The van der Waals surface area contributed by atoms with Crippen LogP contribution in [0.25, 0.3) is 0 Å². The molecule has 6 heteroatoms. The number of hydrogen-bond acceptors (Lipinski definition) is 5. The van der Waals surface area contributed by atoms with Gasteiger partial charge >= 0.3 is 0 Å². The van der Waals surface area contributed by atoms with Crippen LogP contribution in [-0.4, -0.2) is 19.7 Å². The molecule has 0 saturated carbocycles. The summed E-state index contributed by atoms with van der Waals surface area (Å²) in [6.45, 7) is 4.19. The van der Waals surface area contributed by atoms with Gasteiger partial charge in [0.15, 0.2) is 5.82 Å². The number of nitrogen functional groups attached to an aromatic ring is 1. The van der Waals surface area contributed by atoms with Crippen LogP contribution in [0, 0.1) is 0 Å². The highest BCUT2D eigenvalue weighted by molar-refractivity contribution is 5.68. The van der Waals surface area contributed by atoms with E-state index in [0.717, 1.165) is 11.4 Å². The van der Waals surface area contributed by atoms with E-state index in [1.165, 1.54) is 6.33 Å². The Morgan fingerprint density at radius 3 is 2.82 bits per heavy atom. The Balaban J connectivity index is 2.33. The zero-order chi connectivity index (χ0) is 12.4. The van der Waals surface area contributed by atoms with Gasteiger partial charge in [-0.3, -0.25) is 4.68 Å². The molecule has 2 aromatic rings. The van der Waals surface area contributed by atoms with Gasteiger partial charge in [0.1, 0.15) is 6.33 Å². The molecule has 0 aliphatic rings. The van der Waals surface area contributed by atoms with E-state index in [9.17, 15) is 0 Å². The molecule has 0 saturated heterocycles. The minimum atomic E-state index is 0.335. The first-order valence-electron chi connectivity index (χ1n) is 5.44. The van der Waals surface area contributed by atoms with Crippen molar-refractivity contribution in [1.29, 1.82) is 0 Å². The topological polar surface area (TPSA) is 81.7 Å². The fourth-order valence-corrected chi connectivity index (χ4v) is 1.60. The van der Waals surface area contributed by atoms with E-state index in [2.05, 4.69) is 34.2 Å². The fraction of sp³-hybridized carbons (Fsp3) is 0.364. The summed E-state index contributed by atoms with van der Waals surface area (Å²) >= 11 is 0. The molecular weight excluding hydrogens is 216 g/mol. The van der Waals surface area contributed by atoms with Gasteiger partial charge in [0.2, 0.25) is 0 Å². The smallest absolute Gasteiger partial charge is 0.157 e. The lowest BCUT2D eigenvalue weighted by molar-refractivity contribution is 0.713. The highest BCUT2D eigenvalue weighted by Crippen LogP contribution is 2.26. The first-order chi connectivity index (χ1) is 8.08. The molecule has 0 atom stereocenters. The van der Waals surface area contributed by atoms with Gasteiger partial charge in [0.05, 0.1) is 23.3 Å². The lowest BCUT2D eigenvalue weighted by Gasteiger charge is -2.08. The van der Waals surface area contributed by atoms with Gasteiger partial charge < -0.3 is 11.1 Å². The molecule has 2 heterocycles. The summed E-state index contributed by atoms with van der Waals surface area (Å²) in [4.78, 5) is 7.95. The molecule has 0 aliphatic carbocycles. The Bertz CT molecular complexity index is 516. The molecule has 6 nitrogen and oxygen atoms in total. The zero-order valence-corrected chi connectivity index (χ0v) is 10.2. The zero-order valence-electron chi connectivity index (χ0n) is 10.2. The molecule has 0 radical (unpaired) electrons. The number of aryl methyl sites for hydroxylation is 1. The van der Waals surface area contributed by atoms with Gasteiger partial charge in [0, 0.05) is 13.2 Å². The molecule has 0 bridgehead atoms. The monoisotopic (exact) mass is 232 g/mol. The first-order valence-corrected chi connectivity index (χ1v) is 5.44.